The van der Waals surface area contributed by atoms with Crippen LogP contribution in [0.25, 0.3) is 0 Å². The van der Waals surface area contributed by atoms with Crippen molar-refractivity contribution >= 4 is 29.6 Å². The molecule has 2 saturated heterocycles. The highest BCUT2D eigenvalue weighted by Crippen LogP contribution is 2.41. The zero-order valence-corrected chi connectivity index (χ0v) is 19.9. The minimum Gasteiger partial charge on any atom is -0.370 e. The normalized spacial score (nSPS) is 30.5. The molecule has 0 radical (unpaired) electrons. The fourth-order valence-electron chi connectivity index (χ4n) is 5.73. The lowest BCUT2D eigenvalue weighted by atomic mass is 9.84. The number of guanidine groups is 2. The van der Waals surface area contributed by atoms with Crippen molar-refractivity contribution in [3.63, 3.8) is 0 Å². The Morgan fingerprint density at radius 1 is 1.28 bits per heavy atom. The number of aliphatic hydroxyl groups is 2. The Bertz CT molecular complexity index is 1170. The van der Waals surface area contributed by atoms with Gasteiger partial charge in [-0.15, -0.1) is 0 Å². The molecule has 13 nitrogen and oxygen atoms in total. The van der Waals surface area contributed by atoms with Gasteiger partial charge in [-0.05, 0) is 18.9 Å². The van der Waals surface area contributed by atoms with Crippen LogP contribution in [-0.2, 0) is 20.8 Å². The molecular formula is C23H31N8O5+. The average molecular weight is 500 g/mol. The number of aliphatic imine (C=N–C) groups is 1. The van der Waals surface area contributed by atoms with E-state index in [1.807, 2.05) is 31.2 Å². The molecule has 1 spiro atoms. The topological polar surface area (TPSA) is 201 Å². The molecule has 4 aliphatic heterocycles. The number of likely N-dealkylation sites (tertiary alicyclic amines) is 1. The number of imide groups is 1. The second-order valence-corrected chi connectivity index (χ2v) is 9.83. The summed E-state index contributed by atoms with van der Waals surface area (Å²) in [7, 11) is 0. The van der Waals surface area contributed by atoms with E-state index in [0.29, 0.717) is 6.42 Å². The fourth-order valence-corrected chi connectivity index (χ4v) is 5.73. The first-order valence-electron chi connectivity index (χ1n) is 11.9. The van der Waals surface area contributed by atoms with Crippen LogP contribution in [0.5, 0.6) is 0 Å². The molecule has 0 aromatic heterocycles. The average Bonchev–Trinajstić information content (AvgIpc) is 3.41. The molecule has 0 saturated carbocycles. The van der Waals surface area contributed by atoms with Gasteiger partial charge in [0, 0.05) is 19.3 Å². The van der Waals surface area contributed by atoms with E-state index in [1.54, 1.807) is 0 Å². The molecule has 9 N–H and O–H groups in total. The van der Waals surface area contributed by atoms with Gasteiger partial charge in [-0.1, -0.05) is 29.8 Å². The van der Waals surface area contributed by atoms with Crippen LogP contribution in [0.4, 0.5) is 0 Å². The first-order chi connectivity index (χ1) is 17.0. The molecule has 0 unspecified atom stereocenters. The summed E-state index contributed by atoms with van der Waals surface area (Å²) in [4.78, 5) is 47.2. The smallest absolute Gasteiger partial charge is 0.343 e. The molecule has 4 aliphatic rings. The third-order valence-corrected chi connectivity index (χ3v) is 7.47. The number of nitrogens with one attached hydrogen (secondary N) is 3. The Hall–Kier alpha value is -3.71. The maximum absolute atomic E-state index is 12.8. The van der Waals surface area contributed by atoms with Crippen molar-refractivity contribution in [1.29, 1.82) is 0 Å². The number of hydrogen-bond donors (Lipinski definition) is 7. The highest BCUT2D eigenvalue weighted by Gasteiger charge is 2.76. The van der Waals surface area contributed by atoms with Crippen molar-refractivity contribution < 1.29 is 29.6 Å². The van der Waals surface area contributed by atoms with Gasteiger partial charge in [0.25, 0.3) is 5.66 Å². The molecule has 0 bridgehead atoms. The lowest BCUT2D eigenvalue weighted by Gasteiger charge is -2.46. The molecule has 4 heterocycles. The Labute approximate surface area is 207 Å². The molecule has 2 fully saturated rings. The molecule has 36 heavy (non-hydrogen) atoms. The predicted molar refractivity (Wildman–Crippen MR) is 126 cm³/mol. The number of nitrogens with two attached hydrogens (primary N) is 2. The summed E-state index contributed by atoms with van der Waals surface area (Å²) in [5.74, 6) is -3.51. The van der Waals surface area contributed by atoms with Crippen LogP contribution in [-0.4, -0.2) is 92.3 Å². The largest absolute Gasteiger partial charge is 0.370 e. The molecule has 1 aromatic rings. The van der Waals surface area contributed by atoms with Gasteiger partial charge in [0.15, 0.2) is 12.0 Å². The van der Waals surface area contributed by atoms with E-state index >= 15 is 0 Å². The summed E-state index contributed by atoms with van der Waals surface area (Å²) in [6.45, 7) is 1.83. The van der Waals surface area contributed by atoms with Gasteiger partial charge in [-0.3, -0.25) is 34.9 Å². The van der Waals surface area contributed by atoms with Crippen molar-refractivity contribution in [2.45, 2.75) is 62.2 Å². The monoisotopic (exact) mass is 499 g/mol. The minimum atomic E-state index is -2.54. The lowest BCUT2D eigenvalue weighted by molar-refractivity contribution is -0.521. The molecule has 5 rings (SSSR count). The lowest BCUT2D eigenvalue weighted by Crippen LogP contribution is -2.90. The van der Waals surface area contributed by atoms with E-state index in [2.05, 4.69) is 20.6 Å². The van der Waals surface area contributed by atoms with Crippen LogP contribution in [0.2, 0.25) is 0 Å². The maximum Gasteiger partial charge on any atom is 0.343 e. The highest BCUT2D eigenvalue weighted by molar-refractivity contribution is 6.02. The number of amides is 3. The van der Waals surface area contributed by atoms with Crippen LogP contribution < -0.4 is 27.1 Å². The Balaban J connectivity index is 1.36. The van der Waals surface area contributed by atoms with Gasteiger partial charge in [0.05, 0.1) is 13.1 Å². The van der Waals surface area contributed by atoms with Crippen molar-refractivity contribution in [3.8, 4) is 0 Å². The zero-order chi connectivity index (χ0) is 25.8. The Morgan fingerprint density at radius 2 is 2.00 bits per heavy atom. The summed E-state index contributed by atoms with van der Waals surface area (Å²) < 4.78 is 0. The summed E-state index contributed by atoms with van der Waals surface area (Å²) in [5.41, 5.74) is 12.7. The molecule has 13 heteroatoms. The molecule has 192 valence electrons. The summed E-state index contributed by atoms with van der Waals surface area (Å²) >= 11 is 0. The van der Waals surface area contributed by atoms with E-state index < -0.39 is 29.6 Å². The standard InChI is InChI=1S/C23H30N8O5/c1-12-3-2-4-13(9-12)5-6-16(32)27-15-11-31-21(25)26-14(10-30-17(33)7-8-18(30)34)19-22(31,23(15,35)36)29-20(24)28-19/h2-4,9,14-15,19,35-36H,5-8,10-11H2,1H3,(H2,25,26)(H,27,32)(H3,24,28,29)/p+1/t14-,15-,19-,22-/m0/s1. The van der Waals surface area contributed by atoms with Crippen LogP contribution in [0.3, 0.4) is 0 Å². The van der Waals surface area contributed by atoms with E-state index in [0.717, 1.165) is 16.0 Å². The Kier molecular flexibility index (Phi) is 5.63. The van der Waals surface area contributed by atoms with Crippen LogP contribution in [0.15, 0.2) is 29.3 Å². The molecule has 3 amide bonds. The third kappa shape index (κ3) is 3.66. The summed E-state index contributed by atoms with van der Waals surface area (Å²) in [5, 5.41) is 28.6. The third-order valence-electron chi connectivity index (χ3n) is 7.47. The van der Waals surface area contributed by atoms with Crippen molar-refractivity contribution in [3.05, 3.63) is 35.4 Å². The van der Waals surface area contributed by atoms with Crippen LogP contribution in [0, 0.1) is 6.92 Å². The molecule has 1 aromatic carbocycles. The molecular weight excluding hydrogens is 468 g/mol. The number of benzene rings is 1. The first-order valence-corrected chi connectivity index (χ1v) is 11.9. The SMILES string of the molecule is Cc1cccc(CCC(=O)N[C@H]2CN3C(N)=N[C@@H](CN4C(=O)CCC4=O)[C@@H]4[NH+]=C(N)N[C@@]43C2(O)O)c1. The van der Waals surface area contributed by atoms with Crippen molar-refractivity contribution in [2.24, 2.45) is 16.5 Å². The second kappa shape index (κ2) is 8.45. The van der Waals surface area contributed by atoms with Crippen molar-refractivity contribution in [2.75, 3.05) is 13.1 Å². The maximum atomic E-state index is 12.8. The minimum absolute atomic E-state index is 0.0247. The van der Waals surface area contributed by atoms with E-state index in [1.165, 1.54) is 4.90 Å². The van der Waals surface area contributed by atoms with E-state index in [-0.39, 0.29) is 62.0 Å². The van der Waals surface area contributed by atoms with Gasteiger partial charge >= 0.3 is 5.96 Å². The molecule has 4 atom stereocenters. The Morgan fingerprint density at radius 3 is 2.69 bits per heavy atom. The summed E-state index contributed by atoms with van der Waals surface area (Å²) in [6.07, 6.45) is 0.879. The molecule has 0 aliphatic carbocycles. The van der Waals surface area contributed by atoms with Gasteiger partial charge in [-0.2, -0.15) is 0 Å². The predicted octanol–water partition coefficient (Wildman–Crippen LogP) is -4.68. The number of carbonyl (C=O) groups excluding carboxylic acids is 3. The quantitative estimate of drug-likeness (QED) is 0.148. The van der Waals surface area contributed by atoms with Crippen molar-refractivity contribution in [1.82, 2.24) is 20.4 Å². The highest BCUT2D eigenvalue weighted by atomic mass is 16.5. The number of nitrogens with zero attached hydrogens (tertiary/aromatic N) is 3. The van der Waals surface area contributed by atoms with Gasteiger partial charge in [0.1, 0.15) is 12.1 Å². The second-order valence-electron chi connectivity index (χ2n) is 9.83. The number of aryl methyl sites for hydroxylation is 2. The van der Waals surface area contributed by atoms with Crippen LogP contribution >= 0.6 is 0 Å². The van der Waals surface area contributed by atoms with Gasteiger partial charge in [-0.25, -0.2) is 10.3 Å². The summed E-state index contributed by atoms with van der Waals surface area (Å²) in [6, 6.07) is 5.01. The number of carbonyl (C=O) groups is 3. The van der Waals surface area contributed by atoms with Crippen LogP contribution in [0.1, 0.15) is 30.4 Å². The number of hydrogen-bond acceptors (Lipinski definition) is 10. The van der Waals surface area contributed by atoms with E-state index in [9.17, 15) is 24.6 Å². The van der Waals surface area contributed by atoms with Gasteiger partial charge < -0.3 is 21.3 Å². The first kappa shape index (κ1) is 24.0. The zero-order valence-electron chi connectivity index (χ0n) is 19.9. The number of rotatable bonds is 6. The fraction of sp³-hybridized carbons (Fsp3) is 0.522. The van der Waals surface area contributed by atoms with E-state index in [4.69, 9.17) is 11.5 Å². The van der Waals surface area contributed by atoms with Gasteiger partial charge in [0.2, 0.25) is 23.5 Å².